The largest absolute Gasteiger partial charge is 0.496 e. The van der Waals surface area contributed by atoms with Gasteiger partial charge in [-0.05, 0) is 19.1 Å². The van der Waals surface area contributed by atoms with Crippen LogP contribution >= 0.6 is 0 Å². The van der Waals surface area contributed by atoms with Gasteiger partial charge in [0.25, 0.3) is 5.69 Å². The summed E-state index contributed by atoms with van der Waals surface area (Å²) in [5.74, 6) is 0.767. The third-order valence-corrected chi connectivity index (χ3v) is 3.57. The molecule has 2 aromatic carbocycles. The summed E-state index contributed by atoms with van der Waals surface area (Å²) in [5, 5.41) is 20.1. The van der Waals surface area contributed by atoms with Gasteiger partial charge in [-0.25, -0.2) is 0 Å². The molecule has 0 N–H and O–H groups in total. The first kappa shape index (κ1) is 16.3. The third-order valence-electron chi connectivity index (χ3n) is 3.57. The lowest BCUT2D eigenvalue weighted by Gasteiger charge is -2.22. The van der Waals surface area contributed by atoms with Crippen LogP contribution in [-0.4, -0.2) is 19.1 Å². The average molecular weight is 311 g/mol. The van der Waals surface area contributed by atoms with E-state index in [1.165, 1.54) is 12.1 Å². The topological polar surface area (TPSA) is 79.4 Å². The minimum Gasteiger partial charge on any atom is -0.496 e. The molecule has 0 aromatic heterocycles. The quantitative estimate of drug-likeness (QED) is 0.624. The van der Waals surface area contributed by atoms with E-state index in [1.807, 2.05) is 43.1 Å². The van der Waals surface area contributed by atoms with Crippen LogP contribution in [0.15, 0.2) is 36.4 Å². The van der Waals surface area contributed by atoms with Gasteiger partial charge in [0.15, 0.2) is 0 Å². The Morgan fingerprint density at radius 1 is 1.30 bits per heavy atom. The molecule has 0 fully saturated rings. The van der Waals surface area contributed by atoms with Gasteiger partial charge in [0.05, 0.1) is 23.3 Å². The molecule has 0 unspecified atom stereocenters. The lowest BCUT2D eigenvalue weighted by Crippen LogP contribution is -2.18. The summed E-state index contributed by atoms with van der Waals surface area (Å²) in [6.45, 7) is 2.52. The SMILES string of the molecule is COc1ccc(C)cc1CN(C)c1ccc([N+](=O)[O-])cc1C#N. The van der Waals surface area contributed by atoms with Crippen molar-refractivity contribution >= 4 is 11.4 Å². The molecule has 2 aromatic rings. The summed E-state index contributed by atoms with van der Waals surface area (Å²) in [7, 11) is 3.45. The Labute approximate surface area is 134 Å². The van der Waals surface area contributed by atoms with Crippen LogP contribution in [0, 0.1) is 28.4 Å². The van der Waals surface area contributed by atoms with E-state index in [1.54, 1.807) is 13.2 Å². The number of non-ortho nitro benzene ring substituents is 1. The van der Waals surface area contributed by atoms with Gasteiger partial charge in [-0.1, -0.05) is 17.7 Å². The molecule has 0 amide bonds. The lowest BCUT2D eigenvalue weighted by molar-refractivity contribution is -0.384. The van der Waals surface area contributed by atoms with Gasteiger partial charge in [0.2, 0.25) is 0 Å². The molecule has 0 radical (unpaired) electrons. The van der Waals surface area contributed by atoms with Crippen molar-refractivity contribution in [3.63, 3.8) is 0 Å². The van der Waals surface area contributed by atoms with Crippen LogP contribution in [0.3, 0.4) is 0 Å². The number of rotatable bonds is 5. The standard InChI is InChI=1S/C17H17N3O3/c1-12-4-7-17(23-3)14(8-12)11-19(2)16-6-5-15(20(21)22)9-13(16)10-18/h4-9H,11H2,1-3H3. The molecule has 0 aliphatic heterocycles. The molecule has 0 spiro atoms. The number of aryl methyl sites for hydroxylation is 1. The maximum atomic E-state index is 10.8. The van der Waals surface area contributed by atoms with Gasteiger partial charge in [-0.15, -0.1) is 0 Å². The van der Waals surface area contributed by atoms with Crippen molar-refractivity contribution < 1.29 is 9.66 Å². The van der Waals surface area contributed by atoms with Crippen molar-refractivity contribution in [1.82, 2.24) is 0 Å². The first-order valence-electron chi connectivity index (χ1n) is 6.99. The van der Waals surface area contributed by atoms with Crippen molar-refractivity contribution in [2.45, 2.75) is 13.5 Å². The fourth-order valence-electron chi connectivity index (χ4n) is 2.43. The first-order chi connectivity index (χ1) is 11.0. The molecular weight excluding hydrogens is 294 g/mol. The zero-order chi connectivity index (χ0) is 17.0. The average Bonchev–Trinajstić information content (AvgIpc) is 2.54. The monoisotopic (exact) mass is 311 g/mol. The number of hydrogen-bond donors (Lipinski definition) is 0. The Hall–Kier alpha value is -3.07. The maximum absolute atomic E-state index is 10.8. The van der Waals surface area contributed by atoms with Gasteiger partial charge in [0.1, 0.15) is 11.8 Å². The number of benzene rings is 2. The normalized spacial score (nSPS) is 10.0. The van der Waals surface area contributed by atoms with E-state index in [4.69, 9.17) is 4.74 Å². The van der Waals surface area contributed by atoms with Gasteiger partial charge in [-0.2, -0.15) is 5.26 Å². The van der Waals surface area contributed by atoms with Gasteiger partial charge in [0, 0.05) is 31.3 Å². The van der Waals surface area contributed by atoms with E-state index in [0.717, 1.165) is 16.9 Å². The van der Waals surface area contributed by atoms with E-state index in [0.29, 0.717) is 12.2 Å². The highest BCUT2D eigenvalue weighted by Gasteiger charge is 2.15. The van der Waals surface area contributed by atoms with E-state index in [9.17, 15) is 15.4 Å². The van der Waals surface area contributed by atoms with E-state index >= 15 is 0 Å². The molecule has 6 nitrogen and oxygen atoms in total. The summed E-state index contributed by atoms with van der Waals surface area (Å²) < 4.78 is 5.36. The number of nitrogens with zero attached hydrogens (tertiary/aromatic N) is 3. The van der Waals surface area contributed by atoms with Crippen LogP contribution in [0.5, 0.6) is 5.75 Å². The van der Waals surface area contributed by atoms with Gasteiger partial charge >= 0.3 is 0 Å². The second-order valence-corrected chi connectivity index (χ2v) is 5.24. The van der Waals surface area contributed by atoms with Crippen molar-refractivity contribution in [1.29, 1.82) is 5.26 Å². The molecule has 0 aliphatic carbocycles. The van der Waals surface area contributed by atoms with Crippen LogP contribution < -0.4 is 9.64 Å². The number of ether oxygens (including phenoxy) is 1. The van der Waals surface area contributed by atoms with Gasteiger partial charge in [-0.3, -0.25) is 10.1 Å². The smallest absolute Gasteiger partial charge is 0.270 e. The summed E-state index contributed by atoms with van der Waals surface area (Å²) in [6.07, 6.45) is 0. The molecule has 0 saturated heterocycles. The number of nitro groups is 1. The second-order valence-electron chi connectivity index (χ2n) is 5.24. The number of anilines is 1. The second kappa shape index (κ2) is 6.79. The molecule has 0 heterocycles. The summed E-state index contributed by atoms with van der Waals surface area (Å²) in [4.78, 5) is 12.2. The summed E-state index contributed by atoms with van der Waals surface area (Å²) >= 11 is 0. The summed E-state index contributed by atoms with van der Waals surface area (Å²) in [6, 6.07) is 12.2. The molecule has 0 bridgehead atoms. The van der Waals surface area contributed by atoms with Crippen molar-refractivity contribution in [2.75, 3.05) is 19.1 Å². The zero-order valence-electron chi connectivity index (χ0n) is 13.2. The summed E-state index contributed by atoms with van der Waals surface area (Å²) in [5.41, 5.74) is 2.91. The number of nitro benzene ring substituents is 1. The number of hydrogen-bond acceptors (Lipinski definition) is 5. The minimum atomic E-state index is -0.506. The fraction of sp³-hybridized carbons (Fsp3) is 0.235. The van der Waals surface area contributed by atoms with Crippen molar-refractivity contribution in [3.05, 3.63) is 63.2 Å². The molecule has 23 heavy (non-hydrogen) atoms. The van der Waals surface area contributed by atoms with Crippen LogP contribution in [0.1, 0.15) is 16.7 Å². The van der Waals surface area contributed by atoms with Crippen LogP contribution in [0.4, 0.5) is 11.4 Å². The Balaban J connectivity index is 2.35. The maximum Gasteiger partial charge on any atom is 0.270 e. The Morgan fingerprint density at radius 3 is 2.65 bits per heavy atom. The predicted octanol–water partition coefficient (Wildman–Crippen LogP) is 3.42. The van der Waals surface area contributed by atoms with Crippen molar-refractivity contribution in [2.24, 2.45) is 0 Å². The molecule has 118 valence electrons. The predicted molar refractivity (Wildman–Crippen MR) is 87.6 cm³/mol. The minimum absolute atomic E-state index is 0.0909. The molecule has 6 heteroatoms. The van der Waals surface area contributed by atoms with Crippen LogP contribution in [0.25, 0.3) is 0 Å². The fourth-order valence-corrected chi connectivity index (χ4v) is 2.43. The van der Waals surface area contributed by atoms with Crippen molar-refractivity contribution in [3.8, 4) is 11.8 Å². The zero-order valence-corrected chi connectivity index (χ0v) is 13.2. The highest BCUT2D eigenvalue weighted by Crippen LogP contribution is 2.27. The third kappa shape index (κ3) is 3.58. The van der Waals surface area contributed by atoms with E-state index in [-0.39, 0.29) is 11.3 Å². The Kier molecular flexibility index (Phi) is 4.82. The molecule has 0 atom stereocenters. The number of nitriles is 1. The molecule has 0 aliphatic rings. The number of methoxy groups -OCH3 is 1. The molecule has 2 rings (SSSR count). The lowest BCUT2D eigenvalue weighted by atomic mass is 10.1. The molecular formula is C17H17N3O3. The Bertz CT molecular complexity index is 781. The highest BCUT2D eigenvalue weighted by atomic mass is 16.6. The first-order valence-corrected chi connectivity index (χ1v) is 6.99. The highest BCUT2D eigenvalue weighted by molar-refractivity contribution is 5.63. The molecule has 0 saturated carbocycles. The van der Waals surface area contributed by atoms with Crippen LogP contribution in [-0.2, 0) is 6.54 Å². The van der Waals surface area contributed by atoms with Gasteiger partial charge < -0.3 is 9.64 Å². The van der Waals surface area contributed by atoms with E-state index in [2.05, 4.69) is 0 Å². The van der Waals surface area contributed by atoms with E-state index < -0.39 is 4.92 Å². The van der Waals surface area contributed by atoms with Crippen LogP contribution in [0.2, 0.25) is 0 Å². The Morgan fingerprint density at radius 2 is 2.04 bits per heavy atom.